The van der Waals surface area contributed by atoms with E-state index in [0.717, 1.165) is 39.1 Å². The number of hydrogen-bond donors (Lipinski definition) is 0. The third-order valence-electron chi connectivity index (χ3n) is 8.77. The third kappa shape index (κ3) is 2.42. The number of imidazole rings is 1. The van der Waals surface area contributed by atoms with E-state index in [1.165, 1.54) is 43.6 Å². The molecule has 1 aliphatic heterocycles. The number of fused-ring (bicyclic) bond motifs is 11. The van der Waals surface area contributed by atoms with Gasteiger partial charge < -0.3 is 4.42 Å². The van der Waals surface area contributed by atoms with E-state index in [1.807, 2.05) is 6.07 Å². The highest BCUT2D eigenvalue weighted by Gasteiger charge is 2.36. The highest BCUT2D eigenvalue weighted by atomic mass is 16.3. The Kier molecular flexibility index (Phi) is 3.73. The highest BCUT2D eigenvalue weighted by Crippen LogP contribution is 2.37. The molecule has 0 radical (unpaired) electrons. The van der Waals surface area contributed by atoms with E-state index in [-0.39, 0.29) is 6.71 Å². The zero-order valence-corrected chi connectivity index (χ0v) is 21.4. The van der Waals surface area contributed by atoms with Crippen molar-refractivity contribution in [2.75, 3.05) is 0 Å². The fourth-order valence-corrected chi connectivity index (χ4v) is 7.21. The molecule has 0 atom stereocenters. The molecule has 0 amide bonds. The smallest absolute Gasteiger partial charge is 0.247 e. The number of aromatic nitrogens is 3. The molecule has 10 rings (SSSR count). The van der Waals surface area contributed by atoms with Crippen molar-refractivity contribution in [2.45, 2.75) is 0 Å². The fraction of sp³-hybridized carbons (Fsp3) is 0. The molecule has 40 heavy (non-hydrogen) atoms. The van der Waals surface area contributed by atoms with Crippen molar-refractivity contribution < 1.29 is 4.42 Å². The molecule has 3 aromatic heterocycles. The molecule has 0 saturated carbocycles. The molecule has 184 valence electrons. The molecular formula is C35H20BN3O. The number of para-hydroxylation sites is 3. The van der Waals surface area contributed by atoms with Crippen molar-refractivity contribution in [1.82, 2.24) is 14.0 Å². The molecule has 0 aliphatic carbocycles. The van der Waals surface area contributed by atoms with E-state index in [0.29, 0.717) is 0 Å². The number of nitrogens with zero attached hydrogens (tertiary/aromatic N) is 3. The van der Waals surface area contributed by atoms with Gasteiger partial charge in [-0.3, -0.25) is 8.97 Å². The summed E-state index contributed by atoms with van der Waals surface area (Å²) in [4.78, 5) is 5.26. The maximum atomic E-state index is 6.42. The van der Waals surface area contributed by atoms with Crippen LogP contribution in [0.5, 0.6) is 0 Å². The molecule has 9 aromatic rings. The highest BCUT2D eigenvalue weighted by molar-refractivity contribution is 6.99. The summed E-state index contributed by atoms with van der Waals surface area (Å²) < 4.78 is 11.2. The van der Waals surface area contributed by atoms with Crippen LogP contribution in [0.25, 0.3) is 66.2 Å². The van der Waals surface area contributed by atoms with Crippen molar-refractivity contribution in [3.05, 3.63) is 121 Å². The number of benzene rings is 6. The molecule has 0 spiro atoms. The van der Waals surface area contributed by atoms with Gasteiger partial charge in [-0.15, -0.1) is 0 Å². The van der Waals surface area contributed by atoms with E-state index in [2.05, 4.69) is 124 Å². The number of rotatable bonds is 1. The SMILES string of the molecule is c1ccc(B2c3c(ccc4oc5ccccc5c34)-n3c4c2ccc2cccc(c24)n2c4ccccc4nc32)cc1. The fourth-order valence-electron chi connectivity index (χ4n) is 7.21. The van der Waals surface area contributed by atoms with Gasteiger partial charge >= 0.3 is 0 Å². The Morgan fingerprint density at radius 3 is 2.40 bits per heavy atom. The van der Waals surface area contributed by atoms with Gasteiger partial charge in [-0.2, -0.15) is 0 Å². The first-order valence-corrected chi connectivity index (χ1v) is 13.7. The molecule has 6 aromatic carbocycles. The molecule has 4 heterocycles. The Labute approximate surface area is 228 Å². The van der Waals surface area contributed by atoms with Crippen molar-refractivity contribution in [1.29, 1.82) is 0 Å². The average Bonchev–Trinajstić information content (AvgIpc) is 3.59. The monoisotopic (exact) mass is 509 g/mol. The van der Waals surface area contributed by atoms with E-state index in [1.54, 1.807) is 0 Å². The van der Waals surface area contributed by atoms with Crippen molar-refractivity contribution in [2.24, 2.45) is 0 Å². The average molecular weight is 509 g/mol. The van der Waals surface area contributed by atoms with Crippen molar-refractivity contribution in [3.63, 3.8) is 0 Å². The predicted molar refractivity (Wildman–Crippen MR) is 165 cm³/mol. The van der Waals surface area contributed by atoms with Crippen molar-refractivity contribution >= 4 is 83.7 Å². The minimum absolute atomic E-state index is 0.0422. The van der Waals surface area contributed by atoms with Crippen LogP contribution < -0.4 is 16.4 Å². The number of hydrogen-bond acceptors (Lipinski definition) is 2. The van der Waals surface area contributed by atoms with Gasteiger partial charge in [0, 0.05) is 21.8 Å². The maximum absolute atomic E-state index is 6.42. The second-order valence-electron chi connectivity index (χ2n) is 10.8. The van der Waals surface area contributed by atoms with Crippen LogP contribution in [0.4, 0.5) is 0 Å². The van der Waals surface area contributed by atoms with Crippen LogP contribution >= 0.6 is 0 Å². The quantitative estimate of drug-likeness (QED) is 0.243. The summed E-state index contributed by atoms with van der Waals surface area (Å²) >= 11 is 0. The number of furan rings is 1. The van der Waals surface area contributed by atoms with Gasteiger partial charge in [0.2, 0.25) is 12.5 Å². The molecular weight excluding hydrogens is 489 g/mol. The zero-order chi connectivity index (χ0) is 25.9. The summed E-state index contributed by atoms with van der Waals surface area (Å²) in [5.41, 5.74) is 11.3. The molecule has 0 unspecified atom stereocenters. The topological polar surface area (TPSA) is 35.4 Å². The molecule has 1 aliphatic rings. The Balaban J connectivity index is 1.52. The van der Waals surface area contributed by atoms with E-state index < -0.39 is 0 Å². The molecule has 4 nitrogen and oxygen atoms in total. The Morgan fingerprint density at radius 2 is 1.45 bits per heavy atom. The van der Waals surface area contributed by atoms with Crippen LogP contribution in [0.1, 0.15) is 0 Å². The lowest BCUT2D eigenvalue weighted by atomic mass is 9.35. The summed E-state index contributed by atoms with van der Waals surface area (Å²) in [7, 11) is 0. The normalized spacial score (nSPS) is 12.9. The van der Waals surface area contributed by atoms with Crippen LogP contribution in [0, 0.1) is 0 Å². The first-order valence-electron chi connectivity index (χ1n) is 13.7. The standard InChI is InChI=1S/C35H20BN3O/c1-2-10-22(11-3-1)36-24-18-17-21-9-8-15-27-31(21)34(24)39(35-37-25-13-5-6-14-26(25)38(27)35)28-19-20-30-32(33(28)36)23-12-4-7-16-29(23)40-30/h1-20H. The van der Waals surface area contributed by atoms with Crippen LogP contribution in [0.15, 0.2) is 126 Å². The summed E-state index contributed by atoms with van der Waals surface area (Å²) in [5, 5.41) is 4.81. The molecule has 0 saturated heterocycles. The van der Waals surface area contributed by atoms with Crippen LogP contribution in [0.3, 0.4) is 0 Å². The van der Waals surface area contributed by atoms with E-state index >= 15 is 0 Å². The van der Waals surface area contributed by atoms with Gasteiger partial charge in [0.05, 0.1) is 22.1 Å². The van der Waals surface area contributed by atoms with Gasteiger partial charge in [0.15, 0.2) is 0 Å². The minimum Gasteiger partial charge on any atom is -0.456 e. The zero-order valence-electron chi connectivity index (χ0n) is 21.4. The molecule has 0 N–H and O–H groups in total. The first-order chi connectivity index (χ1) is 19.9. The van der Waals surface area contributed by atoms with Crippen LogP contribution in [0.2, 0.25) is 0 Å². The van der Waals surface area contributed by atoms with Gasteiger partial charge in [-0.05, 0) is 52.7 Å². The predicted octanol–water partition coefficient (Wildman–Crippen LogP) is 6.31. The Bertz CT molecular complexity index is 2500. The second kappa shape index (κ2) is 7.22. The van der Waals surface area contributed by atoms with Gasteiger partial charge in [-0.1, -0.05) is 90.4 Å². The second-order valence-corrected chi connectivity index (χ2v) is 10.8. The lowest BCUT2D eigenvalue weighted by molar-refractivity contribution is 0.669. The Morgan fingerprint density at radius 1 is 0.625 bits per heavy atom. The van der Waals surface area contributed by atoms with Gasteiger partial charge in [-0.25, -0.2) is 4.98 Å². The summed E-state index contributed by atoms with van der Waals surface area (Å²) in [5.74, 6) is 0.925. The summed E-state index contributed by atoms with van der Waals surface area (Å²) in [6.07, 6.45) is 0. The van der Waals surface area contributed by atoms with E-state index in [9.17, 15) is 0 Å². The largest absolute Gasteiger partial charge is 0.456 e. The lowest BCUT2D eigenvalue weighted by Crippen LogP contribution is -2.56. The lowest BCUT2D eigenvalue weighted by Gasteiger charge is -2.30. The van der Waals surface area contributed by atoms with Crippen molar-refractivity contribution in [3.8, 4) is 5.69 Å². The molecule has 5 heteroatoms. The molecule has 0 fully saturated rings. The van der Waals surface area contributed by atoms with Crippen LogP contribution in [-0.4, -0.2) is 20.7 Å². The Hall–Kier alpha value is -5.29. The van der Waals surface area contributed by atoms with Gasteiger partial charge in [0.25, 0.3) is 0 Å². The minimum atomic E-state index is 0.0422. The molecule has 0 bridgehead atoms. The first kappa shape index (κ1) is 20.6. The maximum Gasteiger partial charge on any atom is 0.247 e. The van der Waals surface area contributed by atoms with E-state index in [4.69, 9.17) is 9.40 Å². The van der Waals surface area contributed by atoms with Crippen LogP contribution in [-0.2, 0) is 0 Å². The summed E-state index contributed by atoms with van der Waals surface area (Å²) in [6.45, 7) is 0.0422. The summed E-state index contributed by atoms with van der Waals surface area (Å²) in [6, 6.07) is 43.3. The third-order valence-corrected chi connectivity index (χ3v) is 8.77. The van der Waals surface area contributed by atoms with Gasteiger partial charge in [0.1, 0.15) is 11.2 Å².